The van der Waals surface area contributed by atoms with Crippen LogP contribution in [0.25, 0.3) is 16.7 Å². The topological polar surface area (TPSA) is 117 Å². The Balaban J connectivity index is 1.17. The number of fused-ring (bicyclic) bond motifs is 1. The van der Waals surface area contributed by atoms with Gasteiger partial charge in [0.1, 0.15) is 5.82 Å². The van der Waals surface area contributed by atoms with Crippen molar-refractivity contribution in [2.45, 2.75) is 32.2 Å². The normalized spacial score (nSPS) is 17.8. The fourth-order valence-electron chi connectivity index (χ4n) is 5.78. The molecule has 1 aromatic carbocycles. The van der Waals surface area contributed by atoms with Crippen LogP contribution in [0, 0.1) is 5.92 Å². The molecule has 9 heteroatoms. The van der Waals surface area contributed by atoms with Crippen molar-refractivity contribution in [3.8, 4) is 11.1 Å². The van der Waals surface area contributed by atoms with Crippen molar-refractivity contribution in [2.75, 3.05) is 55.3 Å². The Morgan fingerprint density at radius 1 is 1.05 bits per heavy atom. The number of morpholine rings is 1. The largest absolute Gasteiger partial charge is 0.400 e. The third-order valence-electron chi connectivity index (χ3n) is 8.01. The Hall–Kier alpha value is -3.95. The molecular formula is C31H37N7O2. The fraction of sp³-hybridized carbons (Fsp3) is 0.387. The molecule has 40 heavy (non-hydrogen) atoms. The van der Waals surface area contributed by atoms with Crippen LogP contribution >= 0.6 is 0 Å². The van der Waals surface area contributed by atoms with E-state index >= 15 is 0 Å². The minimum Gasteiger partial charge on any atom is -0.400 e. The van der Waals surface area contributed by atoms with Crippen LogP contribution in [0.5, 0.6) is 0 Å². The lowest BCUT2D eigenvalue weighted by molar-refractivity contribution is -0.111. The first-order valence-electron chi connectivity index (χ1n) is 14.2. The molecule has 208 valence electrons. The number of anilines is 3. The Labute approximate surface area is 235 Å². The first kappa shape index (κ1) is 26.3. The monoisotopic (exact) mass is 539 g/mol. The summed E-state index contributed by atoms with van der Waals surface area (Å²) in [6, 6.07) is 12.0. The van der Waals surface area contributed by atoms with Gasteiger partial charge in [-0.3, -0.25) is 14.7 Å². The molecule has 1 amide bonds. The first-order valence-corrected chi connectivity index (χ1v) is 14.2. The lowest BCUT2D eigenvalue weighted by Gasteiger charge is -2.26. The molecule has 0 unspecified atom stereocenters. The molecule has 0 spiro atoms. The summed E-state index contributed by atoms with van der Waals surface area (Å²) < 4.78 is 5.47. The zero-order valence-electron chi connectivity index (χ0n) is 22.8. The van der Waals surface area contributed by atoms with Crippen molar-refractivity contribution in [1.82, 2.24) is 14.9 Å². The minimum atomic E-state index is -0.245. The van der Waals surface area contributed by atoms with Crippen LogP contribution in [-0.2, 0) is 16.1 Å². The van der Waals surface area contributed by atoms with E-state index < -0.39 is 0 Å². The van der Waals surface area contributed by atoms with Crippen molar-refractivity contribution < 1.29 is 9.53 Å². The van der Waals surface area contributed by atoms with Gasteiger partial charge < -0.3 is 26.4 Å². The number of rotatable bonds is 8. The number of amides is 1. The Morgan fingerprint density at radius 2 is 1.90 bits per heavy atom. The molecule has 6 rings (SSSR count). The molecule has 2 aliphatic heterocycles. The van der Waals surface area contributed by atoms with Gasteiger partial charge in [0.25, 0.3) is 5.91 Å². The number of benzene rings is 1. The first-order chi connectivity index (χ1) is 19.6. The molecule has 4 heterocycles. The number of pyridine rings is 2. The van der Waals surface area contributed by atoms with Crippen LogP contribution < -0.4 is 21.7 Å². The van der Waals surface area contributed by atoms with E-state index in [0.717, 1.165) is 79.1 Å². The molecule has 0 atom stereocenters. The van der Waals surface area contributed by atoms with Gasteiger partial charge in [-0.1, -0.05) is 18.9 Å². The van der Waals surface area contributed by atoms with Gasteiger partial charge in [-0.15, -0.1) is 0 Å². The number of aromatic nitrogens is 2. The quantitative estimate of drug-likeness (QED) is 0.335. The van der Waals surface area contributed by atoms with Crippen molar-refractivity contribution in [3.63, 3.8) is 0 Å². The van der Waals surface area contributed by atoms with Crippen molar-refractivity contribution in [1.29, 1.82) is 0 Å². The molecule has 3 aliphatic rings. The highest BCUT2D eigenvalue weighted by Crippen LogP contribution is 2.34. The molecule has 0 bridgehead atoms. The summed E-state index contributed by atoms with van der Waals surface area (Å²) in [5.74, 6) is 1.30. The van der Waals surface area contributed by atoms with Gasteiger partial charge in [-0.2, -0.15) is 0 Å². The molecule has 2 aromatic heterocycles. The van der Waals surface area contributed by atoms with E-state index in [0.29, 0.717) is 23.5 Å². The van der Waals surface area contributed by atoms with E-state index in [1.807, 2.05) is 36.7 Å². The number of nitrogens with zero attached hydrogens (tertiary/aromatic N) is 3. The molecule has 9 nitrogen and oxygen atoms in total. The fourth-order valence-corrected chi connectivity index (χ4v) is 5.78. The maximum absolute atomic E-state index is 13.5. The lowest BCUT2D eigenvalue weighted by atomic mass is 9.93. The highest BCUT2D eigenvalue weighted by atomic mass is 16.5. The van der Waals surface area contributed by atoms with Gasteiger partial charge in [0, 0.05) is 61.1 Å². The maximum Gasteiger partial charge on any atom is 0.258 e. The summed E-state index contributed by atoms with van der Waals surface area (Å²) in [7, 11) is 0. The number of carbonyl (C=O) groups excluding carboxylic acids is 1. The Morgan fingerprint density at radius 3 is 2.70 bits per heavy atom. The van der Waals surface area contributed by atoms with E-state index in [1.165, 1.54) is 25.7 Å². The number of hydrogen-bond donors (Lipinski definition) is 4. The molecule has 1 saturated carbocycles. The average molecular weight is 540 g/mol. The third-order valence-corrected chi connectivity index (χ3v) is 8.01. The van der Waals surface area contributed by atoms with Crippen LogP contribution in [0.4, 0.5) is 17.2 Å². The predicted octanol–water partition coefficient (Wildman–Crippen LogP) is 4.31. The number of nitrogens with two attached hydrogens (primary N) is 1. The summed E-state index contributed by atoms with van der Waals surface area (Å²) in [6.07, 6.45) is 10.7. The predicted molar refractivity (Wildman–Crippen MR) is 159 cm³/mol. The van der Waals surface area contributed by atoms with Crippen molar-refractivity contribution in [3.05, 3.63) is 71.8 Å². The van der Waals surface area contributed by atoms with Gasteiger partial charge in [-0.05, 0) is 60.2 Å². The second-order valence-electron chi connectivity index (χ2n) is 10.9. The maximum atomic E-state index is 13.5. The summed E-state index contributed by atoms with van der Waals surface area (Å²) in [5, 5.41) is 9.75. The second kappa shape index (κ2) is 12.1. The van der Waals surface area contributed by atoms with Gasteiger partial charge in [0.2, 0.25) is 0 Å². The van der Waals surface area contributed by atoms with E-state index in [4.69, 9.17) is 10.5 Å². The Kier molecular flexibility index (Phi) is 7.92. The van der Waals surface area contributed by atoms with E-state index in [9.17, 15) is 4.79 Å². The van der Waals surface area contributed by atoms with Crippen LogP contribution in [0.3, 0.4) is 0 Å². The second-order valence-corrected chi connectivity index (χ2v) is 10.9. The standard InChI is InChI=1S/C31H37N7O2/c32-27-19-34-28-7-5-23(24-13-22(15-33-17-24)20-38-9-11-40-12-10-38)14-26(28)30(27)31(39)37-25-6-8-29(36-18-25)35-16-21-3-1-2-4-21/h5-8,13-15,17-18,21,34H,1-4,9-12,16,19-20,32H2,(H,35,36)(H,37,39). The summed E-state index contributed by atoms with van der Waals surface area (Å²) in [5.41, 5.74) is 12.8. The Bertz CT molecular complexity index is 1380. The lowest BCUT2D eigenvalue weighted by Crippen LogP contribution is -2.35. The van der Waals surface area contributed by atoms with Crippen LogP contribution in [0.2, 0.25) is 0 Å². The number of hydrogen-bond acceptors (Lipinski definition) is 8. The van der Waals surface area contributed by atoms with Crippen LogP contribution in [0.1, 0.15) is 36.8 Å². The van der Waals surface area contributed by atoms with Gasteiger partial charge in [0.15, 0.2) is 0 Å². The zero-order chi connectivity index (χ0) is 27.3. The van der Waals surface area contributed by atoms with E-state index in [-0.39, 0.29) is 5.91 Å². The molecule has 1 saturated heterocycles. The SMILES string of the molecule is NC1=C(C(=O)Nc2ccc(NCC3CCCC3)nc2)c2cc(-c3cncc(CN4CCOCC4)c3)ccc2NC1. The number of nitrogens with one attached hydrogen (secondary N) is 3. The number of ether oxygens (including phenoxy) is 1. The minimum absolute atomic E-state index is 0.245. The molecule has 3 aromatic rings. The zero-order valence-corrected chi connectivity index (χ0v) is 22.8. The van der Waals surface area contributed by atoms with Gasteiger partial charge >= 0.3 is 0 Å². The molecule has 1 aliphatic carbocycles. The smallest absolute Gasteiger partial charge is 0.258 e. The van der Waals surface area contributed by atoms with E-state index in [1.54, 1.807) is 6.20 Å². The molecule has 5 N–H and O–H groups in total. The summed E-state index contributed by atoms with van der Waals surface area (Å²) in [4.78, 5) is 24.9. The van der Waals surface area contributed by atoms with Crippen molar-refractivity contribution >= 4 is 28.7 Å². The molecule has 2 fully saturated rings. The average Bonchev–Trinajstić information content (AvgIpc) is 3.51. The van der Waals surface area contributed by atoms with Gasteiger partial charge in [-0.25, -0.2) is 4.98 Å². The summed E-state index contributed by atoms with van der Waals surface area (Å²) >= 11 is 0. The number of carbonyl (C=O) groups is 1. The van der Waals surface area contributed by atoms with Gasteiger partial charge in [0.05, 0.1) is 37.2 Å². The third kappa shape index (κ3) is 6.11. The van der Waals surface area contributed by atoms with Crippen LogP contribution in [-0.4, -0.2) is 60.2 Å². The molecule has 0 radical (unpaired) electrons. The van der Waals surface area contributed by atoms with Crippen LogP contribution in [0.15, 0.2) is 60.7 Å². The highest BCUT2D eigenvalue weighted by Gasteiger charge is 2.24. The van der Waals surface area contributed by atoms with E-state index in [2.05, 4.69) is 43.0 Å². The molecular weight excluding hydrogens is 502 g/mol. The summed E-state index contributed by atoms with van der Waals surface area (Å²) in [6.45, 7) is 5.56. The van der Waals surface area contributed by atoms with Crippen molar-refractivity contribution in [2.24, 2.45) is 11.7 Å². The highest BCUT2D eigenvalue weighted by molar-refractivity contribution is 6.27.